The molecule has 0 spiro atoms. The molecule has 0 bridgehead atoms. The van der Waals surface area contributed by atoms with E-state index < -0.39 is 23.4 Å². The van der Waals surface area contributed by atoms with Gasteiger partial charge in [-0.1, -0.05) is 41.5 Å². The maximum Gasteiger partial charge on any atom is 0.435 e. The first-order chi connectivity index (χ1) is 16.5. The molecule has 11 nitrogen and oxygen atoms in total. The number of aromatic nitrogens is 4. The fourth-order valence-corrected chi connectivity index (χ4v) is 1.84. The molecule has 0 atom stereocenters. The molecule has 37 heavy (non-hydrogen) atoms. The highest BCUT2D eigenvalue weighted by Crippen LogP contribution is 2.16. The van der Waals surface area contributed by atoms with Crippen LogP contribution in [0.15, 0.2) is 29.3 Å². The van der Waals surface area contributed by atoms with Gasteiger partial charge in [-0.15, -0.1) is 5.10 Å². The molecular formula is C26H46N4O7. The molecule has 11 heteroatoms. The normalized spacial score (nSPS) is 11.9. The Kier molecular flexibility index (Phi) is 12.3. The van der Waals surface area contributed by atoms with E-state index in [1.54, 1.807) is 26.8 Å². The second-order valence-corrected chi connectivity index (χ2v) is 12.8. The van der Waals surface area contributed by atoms with Gasteiger partial charge in [-0.3, -0.25) is 9.89 Å². The number of rotatable bonds is 2. The number of carbonyl (C=O) groups is 2. The summed E-state index contributed by atoms with van der Waals surface area (Å²) in [7, 11) is 0. The third-order valence-electron chi connectivity index (χ3n) is 3.47. The SMILES string of the molecule is CC(C)(C)CO.CC(C)(C)COc1ccn(C(=O)OC(C)(C)C)n1.CC(C)(C)OC(=O)n1ccc(=O)[nH]1. The summed E-state index contributed by atoms with van der Waals surface area (Å²) in [6.45, 7) is 23.7. The van der Waals surface area contributed by atoms with Crippen LogP contribution in [0.4, 0.5) is 9.59 Å². The number of aliphatic hydroxyl groups is 1. The van der Waals surface area contributed by atoms with Crippen molar-refractivity contribution < 1.29 is 28.9 Å². The first-order valence-electron chi connectivity index (χ1n) is 12.0. The number of carbonyl (C=O) groups excluding carboxylic acids is 2. The molecule has 2 aromatic heterocycles. The molecule has 0 radical (unpaired) electrons. The van der Waals surface area contributed by atoms with E-state index in [1.165, 1.54) is 18.5 Å². The first kappa shape index (κ1) is 33.9. The molecule has 0 amide bonds. The van der Waals surface area contributed by atoms with Gasteiger partial charge in [0.25, 0.3) is 5.56 Å². The van der Waals surface area contributed by atoms with Crippen molar-refractivity contribution in [2.75, 3.05) is 13.2 Å². The highest BCUT2D eigenvalue weighted by Gasteiger charge is 2.20. The molecule has 0 aromatic carbocycles. The van der Waals surface area contributed by atoms with E-state index in [0.29, 0.717) is 12.5 Å². The molecule has 2 heterocycles. The maximum atomic E-state index is 11.7. The van der Waals surface area contributed by atoms with Crippen LogP contribution in [0.1, 0.15) is 83.1 Å². The van der Waals surface area contributed by atoms with Crippen molar-refractivity contribution in [1.29, 1.82) is 0 Å². The van der Waals surface area contributed by atoms with Crippen molar-refractivity contribution in [3.8, 4) is 5.88 Å². The van der Waals surface area contributed by atoms with Gasteiger partial charge in [-0.05, 0) is 52.4 Å². The summed E-state index contributed by atoms with van der Waals surface area (Å²) >= 11 is 0. The average molecular weight is 527 g/mol. The first-order valence-corrected chi connectivity index (χ1v) is 12.0. The summed E-state index contributed by atoms with van der Waals surface area (Å²) < 4.78 is 17.8. The third-order valence-corrected chi connectivity index (χ3v) is 3.47. The highest BCUT2D eigenvalue weighted by atomic mass is 16.6. The molecule has 2 N–H and O–H groups in total. The lowest BCUT2D eigenvalue weighted by molar-refractivity contribution is 0.0501. The van der Waals surface area contributed by atoms with Gasteiger partial charge in [-0.25, -0.2) is 9.59 Å². The number of aromatic amines is 1. The van der Waals surface area contributed by atoms with Crippen LogP contribution in [0.5, 0.6) is 5.88 Å². The second kappa shape index (κ2) is 13.5. The highest BCUT2D eigenvalue weighted by molar-refractivity contribution is 5.70. The molecule has 212 valence electrons. The number of aliphatic hydroxyl groups excluding tert-OH is 1. The predicted molar refractivity (Wildman–Crippen MR) is 142 cm³/mol. The lowest BCUT2D eigenvalue weighted by Crippen LogP contribution is -2.28. The fraction of sp³-hybridized carbons (Fsp3) is 0.692. The van der Waals surface area contributed by atoms with Crippen molar-refractivity contribution >= 4 is 12.2 Å². The van der Waals surface area contributed by atoms with E-state index in [-0.39, 0.29) is 23.0 Å². The van der Waals surface area contributed by atoms with Crippen LogP contribution in [0.25, 0.3) is 0 Å². The lowest BCUT2D eigenvalue weighted by atomic mass is 9.99. The number of hydrogen-bond donors (Lipinski definition) is 2. The van der Waals surface area contributed by atoms with Crippen LogP contribution in [-0.4, -0.2) is 61.3 Å². The van der Waals surface area contributed by atoms with Crippen molar-refractivity contribution in [2.24, 2.45) is 10.8 Å². The van der Waals surface area contributed by atoms with Gasteiger partial charge in [-0.2, -0.15) is 9.36 Å². The molecule has 0 aliphatic carbocycles. The second-order valence-electron chi connectivity index (χ2n) is 12.8. The van der Waals surface area contributed by atoms with Gasteiger partial charge in [0.1, 0.15) is 11.2 Å². The van der Waals surface area contributed by atoms with Gasteiger partial charge in [0.2, 0.25) is 5.88 Å². The molecule has 2 rings (SSSR count). The van der Waals surface area contributed by atoms with E-state index in [2.05, 4.69) is 31.0 Å². The van der Waals surface area contributed by atoms with E-state index in [0.717, 1.165) is 9.36 Å². The minimum Gasteiger partial charge on any atom is -0.476 e. The maximum absolute atomic E-state index is 11.7. The fourth-order valence-electron chi connectivity index (χ4n) is 1.84. The van der Waals surface area contributed by atoms with Crippen LogP contribution >= 0.6 is 0 Å². The zero-order valence-electron chi connectivity index (χ0n) is 24.5. The third kappa shape index (κ3) is 17.9. The topological polar surface area (TPSA) is 138 Å². The van der Waals surface area contributed by atoms with Gasteiger partial charge < -0.3 is 19.3 Å². The smallest absolute Gasteiger partial charge is 0.435 e. The molecule has 0 unspecified atom stereocenters. The van der Waals surface area contributed by atoms with Crippen LogP contribution in [0.3, 0.4) is 0 Å². The Hall–Kier alpha value is -3.08. The summed E-state index contributed by atoms with van der Waals surface area (Å²) in [6, 6.07) is 2.90. The Morgan fingerprint density at radius 1 is 0.838 bits per heavy atom. The van der Waals surface area contributed by atoms with Crippen LogP contribution in [0.2, 0.25) is 0 Å². The van der Waals surface area contributed by atoms with Crippen LogP contribution < -0.4 is 10.3 Å². The molecule has 0 saturated carbocycles. The summed E-state index contributed by atoms with van der Waals surface area (Å²) in [5.74, 6) is 0.427. The van der Waals surface area contributed by atoms with E-state index in [4.69, 9.17) is 19.3 Å². The number of nitrogens with one attached hydrogen (secondary N) is 1. The standard InChI is InChI=1S/C13H22N2O3.C8H12N2O3.C5H12O/c1-12(2,3)9-17-10-7-8-15(14-10)11(16)18-13(4,5)6;1-8(2,3)13-7(12)10-5-4-6(11)9-10;1-5(2,3)4-6/h7-8H,9H2,1-6H3;4-5H,1-3H3,(H,9,11);6H,4H2,1-3H3. The van der Waals surface area contributed by atoms with Gasteiger partial charge in [0, 0.05) is 31.1 Å². The lowest BCUT2D eigenvalue weighted by Gasteiger charge is -2.19. The average Bonchev–Trinajstić information content (AvgIpc) is 3.33. The Balaban J connectivity index is 0.000000594. The Morgan fingerprint density at radius 2 is 1.32 bits per heavy atom. The van der Waals surface area contributed by atoms with Crippen molar-refractivity contribution in [3.05, 3.63) is 34.9 Å². The number of hydrogen-bond acceptors (Lipinski definition) is 8. The van der Waals surface area contributed by atoms with Gasteiger partial charge in [0.05, 0.1) is 6.61 Å². The molecule has 0 aliphatic heterocycles. The monoisotopic (exact) mass is 526 g/mol. The van der Waals surface area contributed by atoms with E-state index in [9.17, 15) is 14.4 Å². The number of H-pyrrole nitrogens is 1. The summed E-state index contributed by atoms with van der Waals surface area (Å²) in [5.41, 5.74) is -1.27. The van der Waals surface area contributed by atoms with Gasteiger partial charge in [0.15, 0.2) is 0 Å². The molecular weight excluding hydrogens is 480 g/mol. The minimum absolute atomic E-state index is 0.0513. The van der Waals surface area contributed by atoms with Crippen LogP contribution in [0, 0.1) is 10.8 Å². The quantitative estimate of drug-likeness (QED) is 0.553. The van der Waals surface area contributed by atoms with E-state index in [1.807, 2.05) is 41.5 Å². The summed E-state index contributed by atoms with van der Waals surface area (Å²) in [6.07, 6.45) is 1.77. The van der Waals surface area contributed by atoms with Crippen molar-refractivity contribution in [3.63, 3.8) is 0 Å². The predicted octanol–water partition coefficient (Wildman–Crippen LogP) is 5.08. The van der Waals surface area contributed by atoms with Gasteiger partial charge >= 0.3 is 12.2 Å². The van der Waals surface area contributed by atoms with Crippen molar-refractivity contribution in [1.82, 2.24) is 19.6 Å². The summed E-state index contributed by atoms with van der Waals surface area (Å²) in [5, 5.41) is 14.7. The molecule has 0 saturated heterocycles. The molecule has 0 aliphatic rings. The zero-order valence-corrected chi connectivity index (χ0v) is 24.5. The molecule has 2 aromatic rings. The largest absolute Gasteiger partial charge is 0.476 e. The minimum atomic E-state index is -0.588. The van der Waals surface area contributed by atoms with Crippen molar-refractivity contribution in [2.45, 2.75) is 94.3 Å². The Bertz CT molecular complexity index is 1020. The number of ether oxygens (including phenoxy) is 3. The van der Waals surface area contributed by atoms with E-state index >= 15 is 0 Å². The summed E-state index contributed by atoms with van der Waals surface area (Å²) in [4.78, 5) is 33.6. The molecule has 0 fully saturated rings. The Labute approximate surface area is 220 Å². The Morgan fingerprint density at radius 3 is 1.70 bits per heavy atom. The number of nitrogens with zero attached hydrogens (tertiary/aromatic N) is 3. The zero-order chi connectivity index (χ0) is 29.2. The van der Waals surface area contributed by atoms with Crippen LogP contribution in [-0.2, 0) is 9.47 Å².